The summed E-state index contributed by atoms with van der Waals surface area (Å²) in [6.45, 7) is 6.38. The Bertz CT molecular complexity index is 390. The number of rotatable bonds is 6. The van der Waals surface area contributed by atoms with Crippen LogP contribution in [-0.4, -0.2) is 34.5 Å². The van der Waals surface area contributed by atoms with Gasteiger partial charge in [-0.3, -0.25) is 9.88 Å². The fraction of sp³-hybridized carbons (Fsp3) is 0.750. The van der Waals surface area contributed by atoms with Gasteiger partial charge in [0.05, 0.1) is 18.1 Å². The van der Waals surface area contributed by atoms with E-state index in [0.717, 1.165) is 36.9 Å². The Labute approximate surface area is 123 Å². The first-order valence-electron chi connectivity index (χ1n) is 7.95. The molecule has 0 saturated heterocycles. The van der Waals surface area contributed by atoms with Crippen molar-refractivity contribution in [3.8, 4) is 0 Å². The minimum atomic E-state index is 0.698. The van der Waals surface area contributed by atoms with Crippen LogP contribution in [0, 0.1) is 5.92 Å². The lowest BCUT2D eigenvalue weighted by molar-refractivity contribution is 0.132. The van der Waals surface area contributed by atoms with E-state index in [9.17, 15) is 0 Å². The first-order valence-corrected chi connectivity index (χ1v) is 7.95. The lowest BCUT2D eigenvalue weighted by atomic mass is 9.85. The average Bonchev–Trinajstić information content (AvgIpc) is 2.47. The van der Waals surface area contributed by atoms with Crippen molar-refractivity contribution in [3.05, 3.63) is 18.1 Å². The Morgan fingerprint density at radius 1 is 1.25 bits per heavy atom. The monoisotopic (exact) mass is 276 g/mol. The zero-order valence-corrected chi connectivity index (χ0v) is 13.1. The van der Waals surface area contributed by atoms with Crippen LogP contribution < -0.4 is 5.32 Å². The third kappa shape index (κ3) is 4.17. The van der Waals surface area contributed by atoms with Crippen LogP contribution in [0.1, 0.15) is 51.6 Å². The van der Waals surface area contributed by atoms with E-state index in [1.165, 1.54) is 25.7 Å². The summed E-state index contributed by atoms with van der Waals surface area (Å²) in [4.78, 5) is 11.4. The second-order valence-corrected chi connectivity index (χ2v) is 6.06. The van der Waals surface area contributed by atoms with Crippen LogP contribution >= 0.6 is 0 Å². The normalized spacial score (nSPS) is 23.0. The summed E-state index contributed by atoms with van der Waals surface area (Å²) < 4.78 is 0. The highest BCUT2D eigenvalue weighted by molar-refractivity contribution is 5.30. The maximum Gasteiger partial charge on any atom is 0.144 e. The van der Waals surface area contributed by atoms with Crippen LogP contribution in [0.25, 0.3) is 0 Å². The highest BCUT2D eigenvalue weighted by Crippen LogP contribution is 2.27. The van der Waals surface area contributed by atoms with E-state index in [-0.39, 0.29) is 0 Å². The molecule has 0 aliphatic heterocycles. The van der Waals surface area contributed by atoms with Gasteiger partial charge in [0.2, 0.25) is 0 Å². The van der Waals surface area contributed by atoms with Gasteiger partial charge in [-0.2, -0.15) is 0 Å². The average molecular weight is 276 g/mol. The molecule has 1 aromatic heterocycles. The zero-order chi connectivity index (χ0) is 14.4. The van der Waals surface area contributed by atoms with E-state index >= 15 is 0 Å². The Morgan fingerprint density at radius 2 is 2.05 bits per heavy atom. The predicted octanol–water partition coefficient (Wildman–Crippen LogP) is 3.31. The Morgan fingerprint density at radius 3 is 2.70 bits per heavy atom. The molecule has 112 valence electrons. The van der Waals surface area contributed by atoms with Crippen LogP contribution in [0.4, 0.5) is 5.82 Å². The molecule has 1 saturated carbocycles. The molecule has 1 N–H and O–H groups in total. The topological polar surface area (TPSA) is 41.1 Å². The molecular formula is C16H28N4. The molecule has 2 unspecified atom stereocenters. The van der Waals surface area contributed by atoms with Crippen molar-refractivity contribution < 1.29 is 0 Å². The maximum atomic E-state index is 4.52. The molecule has 2 rings (SSSR count). The molecule has 2 atom stereocenters. The molecule has 0 amide bonds. The molecule has 1 fully saturated rings. The first kappa shape index (κ1) is 15.2. The van der Waals surface area contributed by atoms with E-state index in [1.807, 2.05) is 12.4 Å². The molecule has 0 radical (unpaired) electrons. The number of nitrogens with one attached hydrogen (secondary N) is 1. The Hall–Kier alpha value is -1.16. The van der Waals surface area contributed by atoms with Crippen molar-refractivity contribution in [1.82, 2.24) is 14.9 Å². The predicted molar refractivity (Wildman–Crippen MR) is 83.7 cm³/mol. The van der Waals surface area contributed by atoms with Crippen LogP contribution in [0.5, 0.6) is 0 Å². The van der Waals surface area contributed by atoms with Gasteiger partial charge in [-0.1, -0.05) is 26.7 Å². The van der Waals surface area contributed by atoms with Crippen LogP contribution in [0.15, 0.2) is 12.4 Å². The molecule has 1 heterocycles. The zero-order valence-electron chi connectivity index (χ0n) is 13.1. The molecule has 1 aromatic rings. The standard InChI is InChI=1S/C16H28N4/c1-4-9-17-16-11-18-14(10-19-16)12-20(3)15-8-6-5-7-13(15)2/h10-11,13,15H,4-9,12H2,1-3H3,(H,17,19). The van der Waals surface area contributed by atoms with Gasteiger partial charge in [0.25, 0.3) is 0 Å². The van der Waals surface area contributed by atoms with Crippen molar-refractivity contribution in [2.45, 2.75) is 58.5 Å². The summed E-state index contributed by atoms with van der Waals surface area (Å²) >= 11 is 0. The molecular weight excluding hydrogens is 248 g/mol. The van der Waals surface area contributed by atoms with Crippen molar-refractivity contribution in [2.75, 3.05) is 18.9 Å². The quantitative estimate of drug-likeness (QED) is 0.865. The second kappa shape index (κ2) is 7.58. The van der Waals surface area contributed by atoms with Gasteiger partial charge in [0.1, 0.15) is 5.82 Å². The SMILES string of the molecule is CCCNc1cnc(CN(C)C2CCCCC2C)cn1. The third-order valence-electron chi connectivity index (χ3n) is 4.31. The third-order valence-corrected chi connectivity index (χ3v) is 4.31. The van der Waals surface area contributed by atoms with Crippen molar-refractivity contribution in [3.63, 3.8) is 0 Å². The van der Waals surface area contributed by atoms with Gasteiger partial charge in [0.15, 0.2) is 0 Å². The van der Waals surface area contributed by atoms with Crippen LogP contribution in [-0.2, 0) is 6.54 Å². The van der Waals surface area contributed by atoms with E-state index < -0.39 is 0 Å². The van der Waals surface area contributed by atoms with Crippen molar-refractivity contribution in [2.24, 2.45) is 5.92 Å². The van der Waals surface area contributed by atoms with E-state index in [0.29, 0.717) is 6.04 Å². The fourth-order valence-corrected chi connectivity index (χ4v) is 3.11. The summed E-state index contributed by atoms with van der Waals surface area (Å²) in [6.07, 6.45) is 10.3. The second-order valence-electron chi connectivity index (χ2n) is 6.06. The summed E-state index contributed by atoms with van der Waals surface area (Å²) in [7, 11) is 2.22. The largest absolute Gasteiger partial charge is 0.369 e. The van der Waals surface area contributed by atoms with Crippen molar-refractivity contribution >= 4 is 5.82 Å². The minimum Gasteiger partial charge on any atom is -0.369 e. The van der Waals surface area contributed by atoms with Gasteiger partial charge in [0, 0.05) is 19.1 Å². The Balaban J connectivity index is 1.88. The number of anilines is 1. The maximum absolute atomic E-state index is 4.52. The highest BCUT2D eigenvalue weighted by atomic mass is 15.1. The molecule has 20 heavy (non-hydrogen) atoms. The van der Waals surface area contributed by atoms with E-state index in [4.69, 9.17) is 0 Å². The van der Waals surface area contributed by atoms with Crippen molar-refractivity contribution in [1.29, 1.82) is 0 Å². The van der Waals surface area contributed by atoms with Crippen LogP contribution in [0.3, 0.4) is 0 Å². The molecule has 0 spiro atoms. The van der Waals surface area contributed by atoms with Gasteiger partial charge in [-0.25, -0.2) is 4.98 Å². The summed E-state index contributed by atoms with van der Waals surface area (Å²) in [5, 5.41) is 3.26. The van der Waals surface area contributed by atoms with E-state index in [2.05, 4.69) is 41.1 Å². The minimum absolute atomic E-state index is 0.698. The van der Waals surface area contributed by atoms with Gasteiger partial charge in [-0.15, -0.1) is 0 Å². The molecule has 1 aliphatic rings. The number of aromatic nitrogens is 2. The van der Waals surface area contributed by atoms with E-state index in [1.54, 1.807) is 0 Å². The molecule has 1 aliphatic carbocycles. The number of nitrogens with zero attached hydrogens (tertiary/aromatic N) is 3. The van der Waals surface area contributed by atoms with Gasteiger partial charge >= 0.3 is 0 Å². The molecule has 0 bridgehead atoms. The highest BCUT2D eigenvalue weighted by Gasteiger charge is 2.24. The lowest BCUT2D eigenvalue weighted by Gasteiger charge is -2.36. The summed E-state index contributed by atoms with van der Waals surface area (Å²) in [6, 6.07) is 0.698. The van der Waals surface area contributed by atoms with Crippen LogP contribution in [0.2, 0.25) is 0 Å². The molecule has 4 heteroatoms. The smallest absolute Gasteiger partial charge is 0.144 e. The van der Waals surface area contributed by atoms with Gasteiger partial charge in [-0.05, 0) is 32.2 Å². The summed E-state index contributed by atoms with van der Waals surface area (Å²) in [5.41, 5.74) is 1.06. The Kier molecular flexibility index (Phi) is 5.77. The molecule has 0 aromatic carbocycles. The molecule has 4 nitrogen and oxygen atoms in total. The first-order chi connectivity index (χ1) is 9.70. The number of hydrogen-bond acceptors (Lipinski definition) is 4. The fourth-order valence-electron chi connectivity index (χ4n) is 3.11. The lowest BCUT2D eigenvalue weighted by Crippen LogP contribution is -2.38. The van der Waals surface area contributed by atoms with Gasteiger partial charge < -0.3 is 5.32 Å². The number of hydrogen-bond donors (Lipinski definition) is 1. The summed E-state index contributed by atoms with van der Waals surface area (Å²) in [5.74, 6) is 1.68.